The molecule has 1 aliphatic rings. The number of nitrogens with one attached hydrogen (secondary N) is 1. The molecule has 1 heterocycles. The molecule has 0 aliphatic heterocycles. The quantitative estimate of drug-likeness (QED) is 0.466. The van der Waals surface area contributed by atoms with Gasteiger partial charge in [0.25, 0.3) is 0 Å². The summed E-state index contributed by atoms with van der Waals surface area (Å²) in [6, 6.07) is 0. The van der Waals surface area contributed by atoms with E-state index in [0.717, 1.165) is 30.9 Å². The van der Waals surface area contributed by atoms with E-state index in [1.54, 1.807) is 0 Å². The highest BCUT2D eigenvalue weighted by molar-refractivity contribution is 5.83. The minimum absolute atomic E-state index is 0.561. The van der Waals surface area contributed by atoms with Crippen molar-refractivity contribution in [1.29, 1.82) is 0 Å². The van der Waals surface area contributed by atoms with Gasteiger partial charge in [0.1, 0.15) is 0 Å². The number of hydrogen-bond acceptors (Lipinski definition) is 2. The van der Waals surface area contributed by atoms with Gasteiger partial charge < -0.3 is 5.73 Å². The van der Waals surface area contributed by atoms with E-state index in [4.69, 9.17) is 5.73 Å². The molecule has 4 nitrogen and oxygen atoms in total. The first kappa shape index (κ1) is 12.1. The number of hydrogen-bond donors (Lipinski definition) is 2. The van der Waals surface area contributed by atoms with Crippen LogP contribution in [0.4, 0.5) is 0 Å². The molecule has 0 amide bonds. The van der Waals surface area contributed by atoms with E-state index in [0.29, 0.717) is 5.92 Å². The molecule has 1 aliphatic carbocycles. The van der Waals surface area contributed by atoms with Crippen molar-refractivity contribution in [2.24, 2.45) is 16.6 Å². The van der Waals surface area contributed by atoms with E-state index in [9.17, 15) is 0 Å². The van der Waals surface area contributed by atoms with Crippen LogP contribution in [0.2, 0.25) is 0 Å². The van der Waals surface area contributed by atoms with E-state index >= 15 is 0 Å². The Kier molecular flexibility index (Phi) is 4.18. The van der Waals surface area contributed by atoms with Crippen molar-refractivity contribution < 1.29 is 0 Å². The molecule has 94 valence electrons. The summed E-state index contributed by atoms with van der Waals surface area (Å²) in [6.45, 7) is 2.89. The topological polar surface area (TPSA) is 67.1 Å². The Bertz CT molecular complexity index is 375. The molecule has 17 heavy (non-hydrogen) atoms. The van der Waals surface area contributed by atoms with Gasteiger partial charge in [0.05, 0.1) is 12.0 Å². The van der Waals surface area contributed by atoms with Crippen molar-refractivity contribution in [3.05, 3.63) is 17.5 Å². The number of aryl methyl sites for hydroxylation is 2. The van der Waals surface area contributed by atoms with E-state index in [2.05, 4.69) is 22.1 Å². The average molecular weight is 234 g/mol. The molecular formula is C13H22N4. The molecule has 4 heteroatoms. The van der Waals surface area contributed by atoms with Gasteiger partial charge in [0.2, 0.25) is 0 Å². The second-order valence-electron chi connectivity index (χ2n) is 4.91. The maximum absolute atomic E-state index is 6.00. The van der Waals surface area contributed by atoms with Gasteiger partial charge in [-0.15, -0.1) is 0 Å². The molecule has 0 radical (unpaired) electrons. The molecule has 1 aromatic rings. The van der Waals surface area contributed by atoms with E-state index < -0.39 is 0 Å². The van der Waals surface area contributed by atoms with Gasteiger partial charge in [0, 0.05) is 18.2 Å². The largest absolute Gasteiger partial charge is 0.387 e. The molecule has 1 fully saturated rings. The summed E-state index contributed by atoms with van der Waals surface area (Å²) in [7, 11) is 0. The van der Waals surface area contributed by atoms with Crippen LogP contribution in [-0.4, -0.2) is 22.6 Å². The Labute approximate surface area is 103 Å². The highest BCUT2D eigenvalue weighted by Gasteiger charge is 2.17. The molecule has 3 N–H and O–H groups in total. The second kappa shape index (κ2) is 5.84. The third kappa shape index (κ3) is 3.32. The number of nitrogens with zero attached hydrogens (tertiary/aromatic N) is 2. The molecule has 2 rings (SSSR count). The first-order chi connectivity index (χ1) is 8.27. The SMILES string of the molecule is Cc1[nH]ncc1CCCN=C(N)C1CCCC1. The fourth-order valence-corrected chi connectivity index (χ4v) is 2.46. The zero-order chi connectivity index (χ0) is 12.1. The Morgan fingerprint density at radius 3 is 2.94 bits per heavy atom. The number of aromatic nitrogens is 2. The maximum atomic E-state index is 6.00. The summed E-state index contributed by atoms with van der Waals surface area (Å²) in [5, 5.41) is 6.97. The predicted molar refractivity (Wildman–Crippen MR) is 70.1 cm³/mol. The van der Waals surface area contributed by atoms with E-state index in [1.807, 2.05) is 6.20 Å². The minimum atomic E-state index is 0.561. The Morgan fingerprint density at radius 2 is 2.29 bits per heavy atom. The number of aliphatic imine (C=N–C) groups is 1. The van der Waals surface area contributed by atoms with Crippen molar-refractivity contribution in [2.75, 3.05) is 6.54 Å². The van der Waals surface area contributed by atoms with Crippen molar-refractivity contribution in [3.63, 3.8) is 0 Å². The predicted octanol–water partition coefficient (Wildman–Crippen LogP) is 2.20. The lowest BCUT2D eigenvalue weighted by molar-refractivity contribution is 0.710. The van der Waals surface area contributed by atoms with Crippen LogP contribution in [0.15, 0.2) is 11.2 Å². The van der Waals surface area contributed by atoms with E-state index in [1.165, 1.54) is 31.2 Å². The molecule has 0 unspecified atom stereocenters. The van der Waals surface area contributed by atoms with E-state index in [-0.39, 0.29) is 0 Å². The van der Waals surface area contributed by atoms with Crippen molar-refractivity contribution in [1.82, 2.24) is 10.2 Å². The van der Waals surface area contributed by atoms with Gasteiger partial charge in [-0.05, 0) is 38.2 Å². The molecule has 0 bridgehead atoms. The lowest BCUT2D eigenvalue weighted by Crippen LogP contribution is -2.21. The number of amidine groups is 1. The summed E-state index contributed by atoms with van der Waals surface area (Å²) < 4.78 is 0. The lowest BCUT2D eigenvalue weighted by atomic mass is 10.1. The fraction of sp³-hybridized carbons (Fsp3) is 0.692. The number of H-pyrrole nitrogens is 1. The number of rotatable bonds is 5. The molecular weight excluding hydrogens is 212 g/mol. The van der Waals surface area contributed by atoms with Crippen LogP contribution in [-0.2, 0) is 6.42 Å². The average Bonchev–Trinajstić information content (AvgIpc) is 2.96. The molecule has 1 saturated carbocycles. The summed E-state index contributed by atoms with van der Waals surface area (Å²) in [6.07, 6.45) is 9.08. The normalized spacial score (nSPS) is 17.8. The van der Waals surface area contributed by atoms with Crippen LogP contribution in [0.5, 0.6) is 0 Å². The number of aromatic amines is 1. The van der Waals surface area contributed by atoms with Crippen LogP contribution >= 0.6 is 0 Å². The van der Waals surface area contributed by atoms with Crippen LogP contribution in [0.1, 0.15) is 43.4 Å². The number of nitrogens with two attached hydrogens (primary N) is 1. The zero-order valence-corrected chi connectivity index (χ0v) is 10.6. The minimum Gasteiger partial charge on any atom is -0.387 e. The van der Waals surface area contributed by atoms with Crippen LogP contribution in [0.25, 0.3) is 0 Å². The molecule has 0 aromatic carbocycles. The zero-order valence-electron chi connectivity index (χ0n) is 10.6. The van der Waals surface area contributed by atoms with Gasteiger partial charge in [-0.3, -0.25) is 10.1 Å². The highest BCUT2D eigenvalue weighted by atomic mass is 15.1. The molecule has 1 aromatic heterocycles. The highest BCUT2D eigenvalue weighted by Crippen LogP contribution is 2.24. The van der Waals surface area contributed by atoms with Crippen LogP contribution in [0.3, 0.4) is 0 Å². The molecule has 0 saturated heterocycles. The van der Waals surface area contributed by atoms with Crippen molar-refractivity contribution >= 4 is 5.84 Å². The molecule has 0 atom stereocenters. The van der Waals surface area contributed by atoms with Gasteiger partial charge in [0.15, 0.2) is 0 Å². The standard InChI is InChI=1S/C13H22N4/c1-10-12(9-16-17-10)7-4-8-15-13(14)11-5-2-3-6-11/h9,11H,2-8H2,1H3,(H2,14,15)(H,16,17). The second-order valence-corrected chi connectivity index (χ2v) is 4.91. The van der Waals surface area contributed by atoms with Crippen LogP contribution in [0, 0.1) is 12.8 Å². The summed E-state index contributed by atoms with van der Waals surface area (Å²) in [5.41, 5.74) is 8.46. The first-order valence-corrected chi connectivity index (χ1v) is 6.56. The van der Waals surface area contributed by atoms with Gasteiger partial charge in [-0.2, -0.15) is 5.10 Å². The third-order valence-corrected chi connectivity index (χ3v) is 3.61. The Balaban J connectivity index is 1.72. The fourth-order valence-electron chi connectivity index (χ4n) is 2.46. The summed E-state index contributed by atoms with van der Waals surface area (Å²) in [5.74, 6) is 1.44. The smallest absolute Gasteiger partial charge is 0.0968 e. The first-order valence-electron chi connectivity index (χ1n) is 6.56. The summed E-state index contributed by atoms with van der Waals surface area (Å²) >= 11 is 0. The van der Waals surface area contributed by atoms with Gasteiger partial charge in [-0.25, -0.2) is 0 Å². The van der Waals surface area contributed by atoms with Gasteiger partial charge >= 0.3 is 0 Å². The third-order valence-electron chi connectivity index (χ3n) is 3.61. The maximum Gasteiger partial charge on any atom is 0.0968 e. The van der Waals surface area contributed by atoms with Crippen LogP contribution < -0.4 is 5.73 Å². The summed E-state index contributed by atoms with van der Waals surface area (Å²) in [4.78, 5) is 4.50. The molecule has 0 spiro atoms. The van der Waals surface area contributed by atoms with Gasteiger partial charge in [-0.1, -0.05) is 12.8 Å². The Morgan fingerprint density at radius 1 is 1.53 bits per heavy atom. The van der Waals surface area contributed by atoms with Crippen molar-refractivity contribution in [3.8, 4) is 0 Å². The van der Waals surface area contributed by atoms with Crippen molar-refractivity contribution in [2.45, 2.75) is 45.4 Å². The Hall–Kier alpha value is -1.32. The monoisotopic (exact) mass is 234 g/mol. The lowest BCUT2D eigenvalue weighted by Gasteiger charge is -2.07.